The van der Waals surface area contributed by atoms with E-state index in [0.717, 1.165) is 57.9 Å². The molecule has 0 radical (unpaired) electrons. The van der Waals surface area contributed by atoms with E-state index in [1.165, 1.54) is 23.3 Å². The van der Waals surface area contributed by atoms with E-state index in [4.69, 9.17) is 0 Å². The molecule has 2 atom stereocenters. The Morgan fingerprint density at radius 2 is 1.94 bits per heavy atom. The molecule has 18 heteroatoms. The van der Waals surface area contributed by atoms with Gasteiger partial charge in [-0.1, -0.05) is 17.1 Å². The Labute approximate surface area is 192 Å². The van der Waals surface area contributed by atoms with Crippen molar-refractivity contribution in [2.24, 2.45) is 0 Å². The van der Waals surface area contributed by atoms with Crippen LogP contribution < -0.4 is 0 Å². The van der Waals surface area contributed by atoms with Gasteiger partial charge in [0.15, 0.2) is 0 Å². The molecule has 31 heavy (non-hydrogen) atoms. The van der Waals surface area contributed by atoms with Gasteiger partial charge in [-0.2, -0.15) is 0 Å². The van der Waals surface area contributed by atoms with Gasteiger partial charge in [0.25, 0.3) is 0 Å². The van der Waals surface area contributed by atoms with Crippen molar-refractivity contribution in [2.75, 3.05) is 32.8 Å². The highest BCUT2D eigenvalue weighted by molar-refractivity contribution is 8.01. The van der Waals surface area contributed by atoms with Gasteiger partial charge in [-0.15, -0.1) is 0 Å². The fourth-order valence-electron chi connectivity index (χ4n) is 5.63. The highest BCUT2D eigenvalue weighted by atomic mass is 18.2. The van der Waals surface area contributed by atoms with Crippen LogP contribution >= 0.6 is 0 Å². The zero-order valence-corrected chi connectivity index (χ0v) is 19.8. The van der Waals surface area contributed by atoms with Gasteiger partial charge >= 0.3 is 5.95 Å². The largest absolute Gasteiger partial charge is 0.434 e. The molecule has 2 saturated heterocycles. The molecule has 1 aromatic heterocycles. The topological polar surface area (TPSA) is 67.4 Å². The standard InChI is InChI=1S/C13H30B10FN5O2/c14-20(15)22(18)23(21(16)17)19-6-11(19)7-26-3-1-4-27(10-26)8-12(24)9-28-5-2-25-13(28)29(30)31/h2,5,11-12H,1,3-4,6-10,14-18H2/i24-1. The molecule has 2 aliphatic heterocycles. The number of hydrogen-bond acceptors (Lipinski definition) is 5. The molecule has 0 bridgehead atoms. The number of halogens is 1. The number of nitro groups is 1. The second-order valence-electron chi connectivity index (χ2n) is 10.5. The Morgan fingerprint density at radius 1 is 1.23 bits per heavy atom. The van der Waals surface area contributed by atoms with Crippen molar-refractivity contribution in [3.05, 3.63) is 22.5 Å². The van der Waals surface area contributed by atoms with Crippen molar-refractivity contribution >= 4 is 76.8 Å². The summed E-state index contributed by atoms with van der Waals surface area (Å²) in [6, 6.07) is 0. The van der Waals surface area contributed by atoms with Crippen LogP contribution in [0.5, 0.6) is 0 Å². The van der Waals surface area contributed by atoms with Crippen LogP contribution in [0.3, 0.4) is 0 Å². The van der Waals surface area contributed by atoms with E-state index < -0.39 is 11.1 Å². The maximum atomic E-state index is 14.7. The number of imidazole rings is 1. The molecule has 1 aromatic rings. The summed E-state index contributed by atoms with van der Waals surface area (Å²) in [5.41, 5.74) is 0. The first-order valence-corrected chi connectivity index (χ1v) is 11.9. The molecule has 0 aliphatic carbocycles. The molecule has 3 rings (SSSR count). The second-order valence-corrected chi connectivity index (χ2v) is 10.5. The lowest BCUT2D eigenvalue weighted by Gasteiger charge is -2.36. The number of alkyl halides is 1. The predicted octanol–water partition coefficient (Wildman–Crippen LogP) is -5.08. The zero-order valence-electron chi connectivity index (χ0n) is 19.8. The van der Waals surface area contributed by atoms with E-state index in [1.807, 2.05) is 0 Å². The monoisotopic (exact) mass is 416 g/mol. The molecule has 7 nitrogen and oxygen atoms in total. The summed E-state index contributed by atoms with van der Waals surface area (Å²) in [4.78, 5) is 18.8. The van der Waals surface area contributed by atoms with Crippen molar-refractivity contribution in [1.29, 1.82) is 0 Å². The van der Waals surface area contributed by atoms with E-state index in [-0.39, 0.29) is 12.5 Å². The fourth-order valence-corrected chi connectivity index (χ4v) is 5.63. The minimum atomic E-state index is -1.15. The Hall–Kier alpha value is -0.891. The van der Waals surface area contributed by atoms with Gasteiger partial charge in [0, 0.05) is 45.2 Å². The van der Waals surface area contributed by atoms with Gasteiger partial charge in [0.1, 0.15) is 25.1 Å². The summed E-state index contributed by atoms with van der Waals surface area (Å²) in [6.45, 7) is 4.97. The van der Waals surface area contributed by atoms with Crippen LogP contribution in [-0.2, 0) is 6.54 Å². The van der Waals surface area contributed by atoms with Crippen molar-refractivity contribution in [1.82, 2.24) is 19.4 Å². The molecule has 2 fully saturated rings. The molecule has 2 aliphatic rings. The molecule has 0 saturated carbocycles. The van der Waals surface area contributed by atoms with Crippen LogP contribution in [0.1, 0.15) is 6.42 Å². The summed E-state index contributed by atoms with van der Waals surface area (Å²) in [5.74, 6) is 0.473. The van der Waals surface area contributed by atoms with Crippen LogP contribution in [0.4, 0.5) is 10.3 Å². The molecule has 0 spiro atoms. The molecule has 3 heterocycles. The molecular formula is C13H30B10FN5O2. The molecule has 156 valence electrons. The average Bonchev–Trinajstić information content (AvgIpc) is 3.24. The number of aromatic nitrogens is 2. The van der Waals surface area contributed by atoms with Gasteiger partial charge < -0.3 is 10.1 Å². The molecular weight excluding hydrogens is 384 g/mol. The summed E-state index contributed by atoms with van der Waals surface area (Å²) in [7, 11) is 11.8. The van der Waals surface area contributed by atoms with Crippen LogP contribution in [0.2, 0.25) is 12.1 Å². The quantitative estimate of drug-likeness (QED) is 0.206. The van der Waals surface area contributed by atoms with Crippen LogP contribution in [0.25, 0.3) is 0 Å². The molecule has 2 unspecified atom stereocenters. The van der Waals surface area contributed by atoms with Gasteiger partial charge in [0.2, 0.25) is 0 Å². The van der Waals surface area contributed by atoms with Gasteiger partial charge in [0.05, 0.1) is 52.0 Å². The van der Waals surface area contributed by atoms with Crippen molar-refractivity contribution in [3.63, 3.8) is 0 Å². The van der Waals surface area contributed by atoms with Gasteiger partial charge in [-0.25, -0.2) is 8.96 Å². The lowest BCUT2D eigenvalue weighted by Crippen LogP contribution is -2.63. The average molecular weight is 415 g/mol. The predicted molar refractivity (Wildman–Crippen MR) is 146 cm³/mol. The lowest BCUT2D eigenvalue weighted by molar-refractivity contribution is -0.396. The minimum Gasteiger partial charge on any atom is -0.390 e. The van der Waals surface area contributed by atoms with Gasteiger partial charge in [-0.05, 0) is 17.9 Å². The highest BCUT2D eigenvalue weighted by Gasteiger charge is 2.50. The van der Waals surface area contributed by atoms with Crippen LogP contribution in [-0.4, -0.2) is 134 Å². The number of rotatable bonds is 11. The second kappa shape index (κ2) is 10.8. The number of hydrogen-bond donors (Lipinski definition) is 0. The van der Waals surface area contributed by atoms with E-state index >= 15 is 0 Å². The first kappa shape index (κ1) is 24.7. The van der Waals surface area contributed by atoms with E-state index in [2.05, 4.69) is 53.5 Å². The van der Waals surface area contributed by atoms with E-state index in [0.29, 0.717) is 19.3 Å². The Kier molecular flexibility index (Phi) is 8.64. The third-order valence-corrected chi connectivity index (χ3v) is 7.45. The van der Waals surface area contributed by atoms with Crippen molar-refractivity contribution in [2.45, 2.75) is 31.3 Å². The Bertz CT molecular complexity index is 747. The van der Waals surface area contributed by atoms with Crippen LogP contribution in [0.15, 0.2) is 12.4 Å². The van der Waals surface area contributed by atoms with Crippen molar-refractivity contribution < 1.29 is 9.31 Å². The van der Waals surface area contributed by atoms with Gasteiger partial charge in [-0.3, -0.25) is 9.80 Å². The summed E-state index contributed by atoms with van der Waals surface area (Å²) < 4.78 is 16.0. The zero-order chi connectivity index (χ0) is 22.7. The third-order valence-electron chi connectivity index (χ3n) is 7.45. The highest BCUT2D eigenvalue weighted by Crippen LogP contribution is 2.40. The Morgan fingerprint density at radius 3 is 2.58 bits per heavy atom. The fraction of sp³-hybridized carbons (Fsp3) is 0.769. The first-order chi connectivity index (χ1) is 14.7. The summed E-state index contributed by atoms with van der Waals surface area (Å²) >= 11 is 0. The summed E-state index contributed by atoms with van der Waals surface area (Å²) in [5, 5.41) is 11.0. The Balaban J connectivity index is 1.47. The number of nitrogens with zero attached hydrogens (tertiary/aromatic N) is 5. The minimum absolute atomic E-state index is 0.0271. The SMILES string of the molecule is BB(B)B(B)B(B(B)B)B1CC1CN1CCCN(CC([18F])Cn2ccnc2[N+](=O)[O-])C1. The van der Waals surface area contributed by atoms with Crippen LogP contribution in [0, 0.1) is 10.1 Å². The van der Waals surface area contributed by atoms with E-state index in [1.54, 1.807) is 0 Å². The molecule has 0 N–H and O–H groups in total. The first-order valence-electron chi connectivity index (χ1n) is 11.9. The maximum Gasteiger partial charge on any atom is 0.434 e. The van der Waals surface area contributed by atoms with Crippen molar-refractivity contribution in [3.8, 4) is 0 Å². The lowest BCUT2D eigenvalue weighted by atomic mass is 8.57. The van der Waals surface area contributed by atoms with E-state index in [9.17, 15) is 14.5 Å². The maximum absolute atomic E-state index is 14.7. The summed E-state index contributed by atoms with van der Waals surface area (Å²) in [6.07, 6.45) is 7.00. The molecule has 0 amide bonds. The third kappa shape index (κ3) is 6.56. The smallest absolute Gasteiger partial charge is 0.390 e. The normalized spacial score (nSPS) is 20.3. The molecule has 0 aromatic carbocycles.